The number of ether oxygens (including phenoxy) is 2. The molecule has 2 saturated carbocycles. The van der Waals surface area contributed by atoms with Gasteiger partial charge in [-0.05, 0) is 32.2 Å². The van der Waals surface area contributed by atoms with E-state index >= 15 is 0 Å². The van der Waals surface area contributed by atoms with Crippen molar-refractivity contribution in [3.63, 3.8) is 0 Å². The standard InChI is InChI=1S/C13H18F6O2Si/c1-3-20-10(21-4-2)22-9-6-7-5-8(9)11(14,12(7,15)16)13(17,18)19/h7-10H,3-6H2,1-2H3. The molecule has 0 aromatic rings. The molecule has 0 aromatic heterocycles. The number of fused-ring (bicyclic) bond motifs is 2. The highest BCUT2D eigenvalue weighted by Crippen LogP contribution is 2.69. The highest BCUT2D eigenvalue weighted by Gasteiger charge is 2.83. The summed E-state index contributed by atoms with van der Waals surface area (Å²) in [7, 11) is -0.288. The second-order valence-electron chi connectivity index (χ2n) is 5.62. The molecule has 2 rings (SSSR count). The summed E-state index contributed by atoms with van der Waals surface area (Å²) in [5.41, 5.74) is -5.23. The highest BCUT2D eigenvalue weighted by molar-refractivity contribution is 6.39. The van der Waals surface area contributed by atoms with Crippen molar-refractivity contribution in [2.24, 2.45) is 11.8 Å². The average molecular weight is 348 g/mol. The first-order valence-corrected chi connectivity index (χ1v) is 8.37. The van der Waals surface area contributed by atoms with Gasteiger partial charge in [0.25, 0.3) is 11.6 Å². The smallest absolute Gasteiger partial charge is 0.357 e. The Morgan fingerprint density at radius 1 is 1.09 bits per heavy atom. The molecule has 9 heteroatoms. The average Bonchev–Trinajstić information content (AvgIpc) is 2.88. The van der Waals surface area contributed by atoms with Gasteiger partial charge in [0.1, 0.15) is 15.4 Å². The normalized spacial score (nSPS) is 37.2. The molecular formula is C13H18F6O2Si. The maximum absolute atomic E-state index is 14.4. The molecule has 0 heterocycles. The lowest BCUT2D eigenvalue weighted by Gasteiger charge is -2.41. The molecule has 0 spiro atoms. The maximum atomic E-state index is 14.4. The number of halogens is 6. The van der Waals surface area contributed by atoms with Crippen molar-refractivity contribution in [1.82, 2.24) is 0 Å². The molecule has 2 bridgehead atoms. The second kappa shape index (κ2) is 5.97. The third-order valence-corrected chi connectivity index (χ3v) is 6.14. The van der Waals surface area contributed by atoms with Crippen LogP contribution in [0.15, 0.2) is 0 Å². The Labute approximate surface area is 127 Å². The first-order valence-electron chi connectivity index (χ1n) is 7.22. The van der Waals surface area contributed by atoms with Crippen molar-refractivity contribution in [2.45, 2.75) is 55.9 Å². The molecule has 0 amide bonds. The van der Waals surface area contributed by atoms with E-state index in [9.17, 15) is 26.3 Å². The van der Waals surface area contributed by atoms with Crippen LogP contribution < -0.4 is 0 Å². The van der Waals surface area contributed by atoms with Gasteiger partial charge in [-0.1, -0.05) is 0 Å². The molecular weight excluding hydrogens is 330 g/mol. The third-order valence-electron chi connectivity index (χ3n) is 4.47. The fourth-order valence-corrected chi connectivity index (χ4v) is 5.42. The van der Waals surface area contributed by atoms with E-state index in [0.29, 0.717) is 0 Å². The molecule has 0 aliphatic heterocycles. The summed E-state index contributed by atoms with van der Waals surface area (Å²) in [6.45, 7) is 3.96. The van der Waals surface area contributed by atoms with Crippen molar-refractivity contribution in [3.05, 3.63) is 0 Å². The van der Waals surface area contributed by atoms with E-state index in [1.54, 1.807) is 13.8 Å². The quantitative estimate of drug-likeness (QED) is 0.413. The Kier molecular flexibility index (Phi) is 4.90. The Bertz CT molecular complexity index is 398. The highest BCUT2D eigenvalue weighted by atomic mass is 28.2. The van der Waals surface area contributed by atoms with Crippen LogP contribution in [0.25, 0.3) is 0 Å². The first-order chi connectivity index (χ1) is 10.1. The van der Waals surface area contributed by atoms with Gasteiger partial charge >= 0.3 is 6.18 Å². The minimum absolute atomic E-state index is 0.117. The number of alkyl halides is 6. The summed E-state index contributed by atoms with van der Waals surface area (Å²) >= 11 is 0. The van der Waals surface area contributed by atoms with Crippen LogP contribution in [-0.2, 0) is 9.47 Å². The van der Waals surface area contributed by atoms with Gasteiger partial charge in [-0.15, -0.1) is 0 Å². The zero-order valence-corrected chi connectivity index (χ0v) is 13.2. The lowest BCUT2D eigenvalue weighted by molar-refractivity contribution is -0.317. The SMILES string of the molecule is CCOC(OCC)[Si]C1CC2CC1C(F)(C(F)(F)F)C2(F)F. The summed E-state index contributed by atoms with van der Waals surface area (Å²) in [5.74, 6) is -8.41. The van der Waals surface area contributed by atoms with Crippen LogP contribution in [-0.4, -0.2) is 46.4 Å². The fourth-order valence-electron chi connectivity index (χ4n) is 3.52. The topological polar surface area (TPSA) is 18.5 Å². The van der Waals surface area contributed by atoms with Crippen molar-refractivity contribution >= 4 is 9.52 Å². The van der Waals surface area contributed by atoms with Crippen molar-refractivity contribution in [3.8, 4) is 0 Å². The van der Waals surface area contributed by atoms with Gasteiger partial charge in [0.05, 0.1) is 0 Å². The minimum atomic E-state index is -5.58. The molecule has 2 aliphatic carbocycles. The van der Waals surface area contributed by atoms with Gasteiger partial charge in [0.2, 0.25) is 0 Å². The Balaban J connectivity index is 2.19. The lowest BCUT2D eigenvalue weighted by atomic mass is 9.81. The van der Waals surface area contributed by atoms with E-state index in [-0.39, 0.29) is 29.2 Å². The first kappa shape index (κ1) is 18.1. The monoisotopic (exact) mass is 348 g/mol. The second-order valence-corrected chi connectivity index (χ2v) is 7.17. The van der Waals surface area contributed by atoms with Crippen LogP contribution in [0.5, 0.6) is 0 Å². The summed E-state index contributed by atoms with van der Waals surface area (Å²) in [4.78, 5) is 0. The zero-order valence-electron chi connectivity index (χ0n) is 12.2. The van der Waals surface area contributed by atoms with Gasteiger partial charge in [0.15, 0.2) is 0 Å². The summed E-state index contributed by atoms with van der Waals surface area (Å²) in [5, 5.41) is 0. The summed E-state index contributed by atoms with van der Waals surface area (Å²) in [6.07, 6.45) is -6.13. The van der Waals surface area contributed by atoms with E-state index < -0.39 is 47.5 Å². The number of hydrogen-bond donors (Lipinski definition) is 0. The predicted octanol–water partition coefficient (Wildman–Crippen LogP) is 3.78. The Hall–Kier alpha value is -0.283. The largest absolute Gasteiger partial charge is 0.428 e. The molecule has 2 aliphatic rings. The molecule has 2 nitrogen and oxygen atoms in total. The van der Waals surface area contributed by atoms with Crippen LogP contribution >= 0.6 is 0 Å². The van der Waals surface area contributed by atoms with Gasteiger partial charge in [0, 0.05) is 25.0 Å². The molecule has 0 saturated heterocycles. The van der Waals surface area contributed by atoms with Crippen molar-refractivity contribution < 1.29 is 35.8 Å². The molecule has 128 valence electrons. The Morgan fingerprint density at radius 3 is 2.05 bits per heavy atom. The minimum Gasteiger partial charge on any atom is -0.357 e. The van der Waals surface area contributed by atoms with Gasteiger partial charge in [-0.2, -0.15) is 13.2 Å². The predicted molar refractivity (Wildman–Crippen MR) is 67.6 cm³/mol. The molecule has 4 atom stereocenters. The molecule has 0 N–H and O–H groups in total. The molecule has 2 fully saturated rings. The fraction of sp³-hybridized carbons (Fsp3) is 1.00. The van der Waals surface area contributed by atoms with Gasteiger partial charge < -0.3 is 9.47 Å². The van der Waals surface area contributed by atoms with Crippen LogP contribution in [0.4, 0.5) is 26.3 Å². The van der Waals surface area contributed by atoms with Gasteiger partial charge in [-0.3, -0.25) is 0 Å². The maximum Gasteiger partial charge on any atom is 0.428 e. The third kappa shape index (κ3) is 2.58. The lowest BCUT2D eigenvalue weighted by Crippen LogP contribution is -2.60. The zero-order chi connectivity index (χ0) is 16.8. The molecule has 4 unspecified atom stereocenters. The van der Waals surface area contributed by atoms with Crippen LogP contribution in [0, 0.1) is 11.8 Å². The number of hydrogen-bond acceptors (Lipinski definition) is 2. The van der Waals surface area contributed by atoms with E-state index in [1.807, 2.05) is 0 Å². The van der Waals surface area contributed by atoms with Crippen molar-refractivity contribution in [2.75, 3.05) is 13.2 Å². The number of rotatable bonds is 6. The van der Waals surface area contributed by atoms with E-state index in [4.69, 9.17) is 9.47 Å². The summed E-state index contributed by atoms with van der Waals surface area (Å²) in [6, 6.07) is 0. The van der Waals surface area contributed by atoms with E-state index in [2.05, 4.69) is 0 Å². The summed E-state index contributed by atoms with van der Waals surface area (Å²) < 4.78 is 91.6. The van der Waals surface area contributed by atoms with E-state index in [1.165, 1.54) is 0 Å². The van der Waals surface area contributed by atoms with Crippen LogP contribution in [0.2, 0.25) is 5.54 Å². The molecule has 2 radical (unpaired) electrons. The van der Waals surface area contributed by atoms with Crippen LogP contribution in [0.1, 0.15) is 26.7 Å². The molecule has 22 heavy (non-hydrogen) atoms. The van der Waals surface area contributed by atoms with Crippen LogP contribution in [0.3, 0.4) is 0 Å². The van der Waals surface area contributed by atoms with Crippen molar-refractivity contribution in [1.29, 1.82) is 0 Å². The van der Waals surface area contributed by atoms with E-state index in [0.717, 1.165) is 0 Å². The van der Waals surface area contributed by atoms with Gasteiger partial charge in [-0.25, -0.2) is 13.2 Å². The Morgan fingerprint density at radius 2 is 1.64 bits per heavy atom. The molecule has 0 aromatic carbocycles.